The van der Waals surface area contributed by atoms with E-state index < -0.39 is 6.09 Å². The first-order valence-corrected chi connectivity index (χ1v) is 8.76. The molecule has 2 amide bonds. The Hall–Kier alpha value is -2.32. The van der Waals surface area contributed by atoms with Gasteiger partial charge < -0.3 is 24.0 Å². The van der Waals surface area contributed by atoms with Gasteiger partial charge in [-0.3, -0.25) is 10.1 Å². The summed E-state index contributed by atoms with van der Waals surface area (Å²) in [5, 5.41) is 2.25. The fourth-order valence-corrected chi connectivity index (χ4v) is 3.26. The van der Waals surface area contributed by atoms with Gasteiger partial charge in [0.15, 0.2) is 17.5 Å². The molecule has 1 atom stereocenters. The molecule has 1 aliphatic rings. The summed E-state index contributed by atoms with van der Waals surface area (Å²) in [4.78, 5) is 25.9. The highest BCUT2D eigenvalue weighted by Crippen LogP contribution is 2.27. The lowest BCUT2D eigenvalue weighted by Crippen LogP contribution is -3.29. The molecule has 1 aromatic rings. The zero-order valence-corrected chi connectivity index (χ0v) is 15.9. The fraction of sp³-hybridized carbons (Fsp3) is 0.556. The molecule has 3 N–H and O–H groups in total. The summed E-state index contributed by atoms with van der Waals surface area (Å²) < 4.78 is 15.1. The number of carbonyl (C=O) groups is 2. The smallest absolute Gasteiger partial charge is 0.413 e. The molecule has 8 heteroatoms. The third-order valence-electron chi connectivity index (χ3n) is 4.92. The molecule has 0 bridgehead atoms. The molecule has 0 spiro atoms. The average Bonchev–Trinajstić information content (AvgIpc) is 2.67. The van der Waals surface area contributed by atoms with Crippen LogP contribution in [0.5, 0.6) is 11.5 Å². The number of hydrogen-bond donors (Lipinski definition) is 3. The topological polar surface area (TPSA) is 82.7 Å². The lowest BCUT2D eigenvalue weighted by Gasteiger charge is -2.32. The van der Waals surface area contributed by atoms with Gasteiger partial charge in [0.2, 0.25) is 0 Å². The number of carbonyl (C=O) groups excluding carboxylic acids is 2. The molecule has 0 aliphatic carbocycles. The van der Waals surface area contributed by atoms with Gasteiger partial charge >= 0.3 is 6.09 Å². The lowest BCUT2D eigenvalue weighted by atomic mass is 10.1. The first kappa shape index (κ1) is 20.0. The van der Waals surface area contributed by atoms with E-state index >= 15 is 0 Å². The minimum absolute atomic E-state index is 0.281. The Morgan fingerprint density at radius 2 is 1.73 bits per heavy atom. The number of methoxy groups -OCH3 is 3. The molecule has 0 unspecified atom stereocenters. The van der Waals surface area contributed by atoms with E-state index in [1.54, 1.807) is 14.2 Å². The number of hydrogen-bond acceptors (Lipinski definition) is 5. The van der Waals surface area contributed by atoms with Crippen LogP contribution in [-0.2, 0) is 16.1 Å². The van der Waals surface area contributed by atoms with Gasteiger partial charge in [0.25, 0.3) is 5.91 Å². The zero-order chi connectivity index (χ0) is 19.1. The second-order valence-corrected chi connectivity index (χ2v) is 6.48. The number of amides is 2. The van der Waals surface area contributed by atoms with Crippen LogP contribution in [0, 0.1) is 0 Å². The molecule has 8 nitrogen and oxygen atoms in total. The van der Waals surface area contributed by atoms with Crippen molar-refractivity contribution in [3.05, 3.63) is 23.8 Å². The molecule has 0 aromatic heterocycles. The van der Waals surface area contributed by atoms with Gasteiger partial charge in [-0.2, -0.15) is 0 Å². The molecule has 144 valence electrons. The molecular formula is C18H29N3O5+2. The monoisotopic (exact) mass is 367 g/mol. The highest BCUT2D eigenvalue weighted by Gasteiger charge is 2.32. The molecule has 2 rings (SSSR count). The summed E-state index contributed by atoms with van der Waals surface area (Å²) in [5.74, 6) is 1.17. The van der Waals surface area contributed by atoms with Crippen molar-refractivity contribution in [3.63, 3.8) is 0 Å². The Morgan fingerprint density at radius 3 is 2.31 bits per heavy atom. The Labute approximate surface area is 154 Å². The Kier molecular flexibility index (Phi) is 7.23. The van der Waals surface area contributed by atoms with E-state index in [1.165, 1.54) is 22.5 Å². The van der Waals surface area contributed by atoms with E-state index in [1.807, 2.05) is 19.1 Å². The van der Waals surface area contributed by atoms with Crippen molar-refractivity contribution in [2.24, 2.45) is 0 Å². The van der Waals surface area contributed by atoms with Gasteiger partial charge in [-0.1, -0.05) is 0 Å². The number of quaternary nitrogens is 2. The minimum atomic E-state index is -0.709. The maximum Gasteiger partial charge on any atom is 0.413 e. The summed E-state index contributed by atoms with van der Waals surface area (Å²) in [6, 6.07) is 5.71. The molecule has 1 saturated heterocycles. The molecule has 1 aromatic carbocycles. The van der Waals surface area contributed by atoms with Crippen LogP contribution >= 0.6 is 0 Å². The van der Waals surface area contributed by atoms with Gasteiger partial charge in [-0.15, -0.1) is 0 Å². The van der Waals surface area contributed by atoms with E-state index in [0.29, 0.717) is 0 Å². The maximum atomic E-state index is 12.0. The second kappa shape index (κ2) is 9.40. The van der Waals surface area contributed by atoms with Crippen molar-refractivity contribution in [2.75, 3.05) is 47.5 Å². The number of benzene rings is 1. The van der Waals surface area contributed by atoms with E-state index in [-0.39, 0.29) is 11.9 Å². The summed E-state index contributed by atoms with van der Waals surface area (Å²) in [7, 11) is 4.51. The second-order valence-electron chi connectivity index (χ2n) is 6.48. The zero-order valence-electron chi connectivity index (χ0n) is 15.9. The molecule has 0 saturated carbocycles. The SMILES string of the molecule is COC(=O)NC(=O)[C@@H](C)[NH+]1CC[NH+](Cc2ccc(OC)c(OC)c2)CC1. The maximum absolute atomic E-state index is 12.0. The first-order valence-electron chi connectivity index (χ1n) is 8.76. The molecule has 1 fully saturated rings. The van der Waals surface area contributed by atoms with Crippen LogP contribution in [0.25, 0.3) is 0 Å². The van der Waals surface area contributed by atoms with Gasteiger partial charge in [-0.05, 0) is 25.1 Å². The van der Waals surface area contributed by atoms with Gasteiger partial charge in [0.05, 0.1) is 21.3 Å². The van der Waals surface area contributed by atoms with Crippen molar-refractivity contribution >= 4 is 12.0 Å². The van der Waals surface area contributed by atoms with Crippen LogP contribution < -0.4 is 24.6 Å². The van der Waals surface area contributed by atoms with E-state index in [2.05, 4.69) is 16.1 Å². The van der Waals surface area contributed by atoms with Crippen molar-refractivity contribution in [1.29, 1.82) is 0 Å². The predicted molar refractivity (Wildman–Crippen MR) is 94.7 cm³/mol. The highest BCUT2D eigenvalue weighted by molar-refractivity contribution is 5.93. The normalized spacial score (nSPS) is 20.8. The summed E-state index contributed by atoms with van der Waals surface area (Å²) >= 11 is 0. The third kappa shape index (κ3) is 5.09. The number of alkyl carbamates (subject to hydrolysis) is 1. The van der Waals surface area contributed by atoms with Crippen LogP contribution in [0.3, 0.4) is 0 Å². The summed E-state index contributed by atoms with van der Waals surface area (Å²) in [6.45, 7) is 6.40. The summed E-state index contributed by atoms with van der Waals surface area (Å²) in [5.41, 5.74) is 1.19. The number of rotatable bonds is 6. The van der Waals surface area contributed by atoms with Crippen LogP contribution in [0.2, 0.25) is 0 Å². The molecule has 26 heavy (non-hydrogen) atoms. The van der Waals surface area contributed by atoms with Crippen molar-refractivity contribution < 1.29 is 33.6 Å². The standard InChI is InChI=1S/C18H27N3O5/c1-13(17(22)19-18(23)26-4)21-9-7-20(8-10-21)12-14-5-6-15(24-2)16(11-14)25-3/h5-6,11,13H,7-10,12H2,1-4H3,(H,19,22,23)/p+2/t13-/m1/s1. The Bertz CT molecular complexity index is 629. The van der Waals surface area contributed by atoms with E-state index in [4.69, 9.17) is 9.47 Å². The number of nitrogens with one attached hydrogen (secondary N) is 3. The lowest BCUT2D eigenvalue weighted by molar-refractivity contribution is -1.02. The Balaban J connectivity index is 1.86. The van der Waals surface area contributed by atoms with Crippen LogP contribution in [0.15, 0.2) is 18.2 Å². The van der Waals surface area contributed by atoms with Crippen LogP contribution in [-0.4, -0.2) is 65.6 Å². The van der Waals surface area contributed by atoms with Gasteiger partial charge in [0.1, 0.15) is 32.7 Å². The molecule has 1 aliphatic heterocycles. The average molecular weight is 367 g/mol. The van der Waals surface area contributed by atoms with Gasteiger partial charge in [-0.25, -0.2) is 4.79 Å². The fourth-order valence-electron chi connectivity index (χ4n) is 3.26. The van der Waals surface area contributed by atoms with Crippen LogP contribution in [0.1, 0.15) is 12.5 Å². The summed E-state index contributed by atoms with van der Waals surface area (Å²) in [6.07, 6.45) is -0.709. The quantitative estimate of drug-likeness (QED) is 0.556. The Morgan fingerprint density at radius 1 is 1.08 bits per heavy atom. The first-order chi connectivity index (χ1) is 12.5. The van der Waals surface area contributed by atoms with E-state index in [9.17, 15) is 9.59 Å². The van der Waals surface area contributed by atoms with Crippen molar-refractivity contribution in [2.45, 2.75) is 19.5 Å². The molecule has 0 radical (unpaired) electrons. The van der Waals surface area contributed by atoms with Crippen molar-refractivity contribution in [3.8, 4) is 11.5 Å². The van der Waals surface area contributed by atoms with Gasteiger partial charge in [0, 0.05) is 5.56 Å². The largest absolute Gasteiger partial charge is 0.493 e. The molecular weight excluding hydrogens is 338 g/mol. The van der Waals surface area contributed by atoms with Crippen LogP contribution in [0.4, 0.5) is 4.79 Å². The number of piperazine rings is 1. The highest BCUT2D eigenvalue weighted by atomic mass is 16.5. The third-order valence-corrected chi connectivity index (χ3v) is 4.92. The molecule has 1 heterocycles. The number of ether oxygens (including phenoxy) is 3. The minimum Gasteiger partial charge on any atom is -0.493 e. The number of imide groups is 1. The van der Waals surface area contributed by atoms with Crippen molar-refractivity contribution in [1.82, 2.24) is 5.32 Å². The van der Waals surface area contributed by atoms with E-state index in [0.717, 1.165) is 44.2 Å². The predicted octanol–water partition coefficient (Wildman–Crippen LogP) is -1.74.